The molecular weight excluding hydrogens is 244 g/mol. The average molecular weight is 258 g/mol. The van der Waals surface area contributed by atoms with Crippen LogP contribution in [0.25, 0.3) is 0 Å². The Labute approximate surface area is 110 Å². The first kappa shape index (κ1) is 12.9. The maximum Gasteiger partial charge on any atom is 0.291 e. The molecule has 1 heterocycles. The van der Waals surface area contributed by atoms with Gasteiger partial charge in [-0.25, -0.2) is 0 Å². The summed E-state index contributed by atoms with van der Waals surface area (Å²) in [6.07, 6.45) is 1.45. The second-order valence-corrected chi connectivity index (χ2v) is 4.14. The van der Waals surface area contributed by atoms with Gasteiger partial charge >= 0.3 is 0 Å². The molecule has 0 fully saturated rings. The van der Waals surface area contributed by atoms with Gasteiger partial charge in [0.2, 0.25) is 5.91 Å². The molecule has 2 N–H and O–H groups in total. The zero-order valence-corrected chi connectivity index (χ0v) is 10.7. The first-order valence-electron chi connectivity index (χ1n) is 5.79. The standard InChI is InChI=1S/C14H14N2O3/c1-9-8-11(15-10(2)17)5-6-12(9)16-14(18)13-4-3-7-19-13/h3-8H,1-2H3,(H,15,17)(H,16,18). The Morgan fingerprint density at radius 3 is 2.53 bits per heavy atom. The van der Waals surface area contributed by atoms with Gasteiger partial charge in [-0.15, -0.1) is 0 Å². The number of carbonyl (C=O) groups excluding carboxylic acids is 2. The summed E-state index contributed by atoms with van der Waals surface area (Å²) < 4.78 is 5.01. The molecule has 0 spiro atoms. The van der Waals surface area contributed by atoms with Crippen molar-refractivity contribution in [1.82, 2.24) is 0 Å². The molecule has 0 radical (unpaired) electrons. The predicted molar refractivity (Wildman–Crippen MR) is 72.1 cm³/mol. The summed E-state index contributed by atoms with van der Waals surface area (Å²) in [5, 5.41) is 5.43. The summed E-state index contributed by atoms with van der Waals surface area (Å²) in [5.41, 5.74) is 2.22. The molecule has 19 heavy (non-hydrogen) atoms. The molecule has 1 aromatic heterocycles. The van der Waals surface area contributed by atoms with Crippen molar-refractivity contribution in [2.75, 3.05) is 10.6 Å². The second-order valence-electron chi connectivity index (χ2n) is 4.14. The molecule has 0 saturated heterocycles. The molecule has 2 rings (SSSR count). The van der Waals surface area contributed by atoms with Crippen molar-refractivity contribution in [3.63, 3.8) is 0 Å². The van der Waals surface area contributed by atoms with E-state index in [1.165, 1.54) is 13.2 Å². The van der Waals surface area contributed by atoms with Crippen LogP contribution in [0.15, 0.2) is 41.0 Å². The molecule has 0 bridgehead atoms. The fourth-order valence-corrected chi connectivity index (χ4v) is 1.68. The minimum Gasteiger partial charge on any atom is -0.459 e. The number of nitrogens with one attached hydrogen (secondary N) is 2. The van der Waals surface area contributed by atoms with Gasteiger partial charge in [-0.2, -0.15) is 0 Å². The number of benzene rings is 1. The van der Waals surface area contributed by atoms with E-state index in [0.29, 0.717) is 11.4 Å². The Kier molecular flexibility index (Phi) is 3.66. The normalized spacial score (nSPS) is 10.0. The molecule has 98 valence electrons. The predicted octanol–water partition coefficient (Wildman–Crippen LogP) is 2.80. The lowest BCUT2D eigenvalue weighted by Gasteiger charge is -2.09. The molecule has 1 aromatic carbocycles. The summed E-state index contributed by atoms with van der Waals surface area (Å²) in [6.45, 7) is 3.30. The van der Waals surface area contributed by atoms with Crippen LogP contribution in [0, 0.1) is 6.92 Å². The van der Waals surface area contributed by atoms with Gasteiger partial charge in [-0.05, 0) is 42.8 Å². The number of aryl methyl sites for hydroxylation is 1. The fraction of sp³-hybridized carbons (Fsp3) is 0.143. The minimum absolute atomic E-state index is 0.133. The smallest absolute Gasteiger partial charge is 0.291 e. The van der Waals surface area contributed by atoms with Crippen molar-refractivity contribution in [3.8, 4) is 0 Å². The highest BCUT2D eigenvalue weighted by molar-refractivity contribution is 6.02. The molecule has 0 aliphatic carbocycles. The van der Waals surface area contributed by atoms with Gasteiger partial charge in [0.05, 0.1) is 6.26 Å². The molecule has 0 aliphatic heterocycles. The first-order valence-corrected chi connectivity index (χ1v) is 5.79. The summed E-state index contributed by atoms with van der Waals surface area (Å²) in [7, 11) is 0. The highest BCUT2D eigenvalue weighted by Gasteiger charge is 2.10. The van der Waals surface area contributed by atoms with Crippen LogP contribution in [-0.2, 0) is 4.79 Å². The van der Waals surface area contributed by atoms with E-state index in [-0.39, 0.29) is 17.6 Å². The topological polar surface area (TPSA) is 71.3 Å². The van der Waals surface area contributed by atoms with Gasteiger partial charge in [0.15, 0.2) is 5.76 Å². The number of carbonyl (C=O) groups is 2. The van der Waals surface area contributed by atoms with E-state index < -0.39 is 0 Å². The van der Waals surface area contributed by atoms with Crippen LogP contribution in [0.3, 0.4) is 0 Å². The van der Waals surface area contributed by atoms with E-state index in [1.807, 2.05) is 6.92 Å². The third kappa shape index (κ3) is 3.22. The molecule has 2 aromatic rings. The van der Waals surface area contributed by atoms with Gasteiger partial charge in [0.1, 0.15) is 0 Å². The largest absolute Gasteiger partial charge is 0.459 e. The molecular formula is C14H14N2O3. The lowest BCUT2D eigenvalue weighted by atomic mass is 10.1. The molecule has 0 aliphatic rings. The Hall–Kier alpha value is -2.56. The van der Waals surface area contributed by atoms with Gasteiger partial charge in [-0.1, -0.05) is 0 Å². The second kappa shape index (κ2) is 5.39. The lowest BCUT2D eigenvalue weighted by molar-refractivity contribution is -0.114. The molecule has 5 nitrogen and oxygen atoms in total. The van der Waals surface area contributed by atoms with E-state index in [4.69, 9.17) is 4.42 Å². The SMILES string of the molecule is CC(=O)Nc1ccc(NC(=O)c2ccco2)c(C)c1. The third-order valence-corrected chi connectivity index (χ3v) is 2.54. The van der Waals surface area contributed by atoms with Gasteiger partial charge < -0.3 is 15.1 Å². The monoisotopic (exact) mass is 258 g/mol. The average Bonchev–Trinajstić information content (AvgIpc) is 2.85. The van der Waals surface area contributed by atoms with Gasteiger partial charge in [0, 0.05) is 18.3 Å². The molecule has 0 saturated carbocycles. The highest BCUT2D eigenvalue weighted by Crippen LogP contribution is 2.20. The minimum atomic E-state index is -0.305. The molecule has 5 heteroatoms. The Balaban J connectivity index is 2.13. The van der Waals surface area contributed by atoms with Crippen molar-refractivity contribution < 1.29 is 14.0 Å². The van der Waals surface area contributed by atoms with Crippen LogP contribution < -0.4 is 10.6 Å². The number of anilines is 2. The van der Waals surface area contributed by atoms with Crippen LogP contribution >= 0.6 is 0 Å². The number of amides is 2. The van der Waals surface area contributed by atoms with E-state index >= 15 is 0 Å². The van der Waals surface area contributed by atoms with Crippen LogP contribution in [0.2, 0.25) is 0 Å². The highest BCUT2D eigenvalue weighted by atomic mass is 16.3. The first-order chi connectivity index (χ1) is 9.06. The number of hydrogen-bond donors (Lipinski definition) is 2. The quantitative estimate of drug-likeness (QED) is 0.889. The van der Waals surface area contributed by atoms with Crippen molar-refractivity contribution in [3.05, 3.63) is 47.9 Å². The number of hydrogen-bond acceptors (Lipinski definition) is 3. The van der Waals surface area contributed by atoms with Crippen LogP contribution in [0.5, 0.6) is 0 Å². The lowest BCUT2D eigenvalue weighted by Crippen LogP contribution is -2.12. The van der Waals surface area contributed by atoms with Gasteiger partial charge in [0.25, 0.3) is 5.91 Å². The van der Waals surface area contributed by atoms with Gasteiger partial charge in [-0.3, -0.25) is 9.59 Å². The van der Waals surface area contributed by atoms with Crippen LogP contribution in [-0.4, -0.2) is 11.8 Å². The molecule has 2 amide bonds. The maximum atomic E-state index is 11.8. The van der Waals surface area contributed by atoms with E-state index in [9.17, 15) is 9.59 Å². The van der Waals surface area contributed by atoms with Crippen molar-refractivity contribution in [2.45, 2.75) is 13.8 Å². The Morgan fingerprint density at radius 1 is 1.16 bits per heavy atom. The number of furan rings is 1. The summed E-state index contributed by atoms with van der Waals surface area (Å²) in [6, 6.07) is 8.50. The summed E-state index contributed by atoms with van der Waals surface area (Å²) in [4.78, 5) is 22.8. The van der Waals surface area contributed by atoms with Crippen molar-refractivity contribution >= 4 is 23.2 Å². The number of rotatable bonds is 3. The van der Waals surface area contributed by atoms with Crippen LogP contribution in [0.1, 0.15) is 23.0 Å². The van der Waals surface area contributed by atoms with E-state index in [0.717, 1.165) is 5.56 Å². The van der Waals surface area contributed by atoms with Crippen molar-refractivity contribution in [1.29, 1.82) is 0 Å². The Bertz CT molecular complexity index is 603. The zero-order chi connectivity index (χ0) is 13.8. The fourth-order valence-electron chi connectivity index (χ4n) is 1.68. The molecule has 0 atom stereocenters. The Morgan fingerprint density at radius 2 is 1.95 bits per heavy atom. The van der Waals surface area contributed by atoms with Crippen LogP contribution in [0.4, 0.5) is 11.4 Å². The molecule has 0 unspecified atom stereocenters. The van der Waals surface area contributed by atoms with Crippen molar-refractivity contribution in [2.24, 2.45) is 0 Å². The summed E-state index contributed by atoms with van der Waals surface area (Å²) >= 11 is 0. The summed E-state index contributed by atoms with van der Waals surface area (Å²) in [5.74, 6) is -0.183. The van der Waals surface area contributed by atoms with E-state index in [2.05, 4.69) is 10.6 Å². The third-order valence-electron chi connectivity index (χ3n) is 2.54. The zero-order valence-electron chi connectivity index (χ0n) is 10.7. The van der Waals surface area contributed by atoms with E-state index in [1.54, 1.807) is 30.3 Å². The maximum absolute atomic E-state index is 11.8.